The molecule has 2 heterocycles. The summed E-state index contributed by atoms with van der Waals surface area (Å²) in [5, 5.41) is 0. The van der Waals surface area contributed by atoms with E-state index in [0.29, 0.717) is 13.0 Å². The number of hydrogen-bond donors (Lipinski definition) is 4. The number of carbonyl (C=O) groups is 1. The van der Waals surface area contributed by atoms with Gasteiger partial charge in [0.25, 0.3) is 5.56 Å². The number of anilines is 1. The summed E-state index contributed by atoms with van der Waals surface area (Å²) in [6.45, 7) is 7.14. The first-order chi connectivity index (χ1) is 13.5. The quantitative estimate of drug-likeness (QED) is 0.401. The maximum absolute atomic E-state index is 12.8. The number of piperazine rings is 1. The van der Waals surface area contributed by atoms with E-state index in [2.05, 4.69) is 29.2 Å². The van der Waals surface area contributed by atoms with Crippen molar-refractivity contribution in [1.29, 1.82) is 0 Å². The molecule has 0 amide bonds. The summed E-state index contributed by atoms with van der Waals surface area (Å²) in [5.74, 6) is -0.321. The van der Waals surface area contributed by atoms with E-state index in [1.807, 2.05) is 13.0 Å². The minimum Gasteiger partial charge on any atom is -0.384 e. The fraction of sp³-hybridized carbons (Fsp3) is 0.450. The molecule has 0 saturated carbocycles. The number of aromatic amines is 1. The second-order valence-electron chi connectivity index (χ2n) is 7.43. The molecule has 1 aliphatic rings. The van der Waals surface area contributed by atoms with Gasteiger partial charge in [-0.1, -0.05) is 37.3 Å². The maximum Gasteiger partial charge on any atom is 0.329 e. The van der Waals surface area contributed by atoms with Gasteiger partial charge < -0.3 is 15.5 Å². The van der Waals surface area contributed by atoms with Gasteiger partial charge in [0.2, 0.25) is 5.78 Å². The van der Waals surface area contributed by atoms with E-state index in [1.165, 1.54) is 15.0 Å². The number of nitrogens with zero attached hydrogens (tertiary/aromatic N) is 1. The minimum atomic E-state index is -0.687. The number of H-pyrrole nitrogens is 1. The topological polar surface area (TPSA) is 107 Å². The molecule has 0 radical (unpaired) electrons. The summed E-state index contributed by atoms with van der Waals surface area (Å²) < 4.78 is 1.27. The Kier molecular flexibility index (Phi) is 6.43. The molecule has 28 heavy (non-hydrogen) atoms. The van der Waals surface area contributed by atoms with Crippen LogP contribution >= 0.6 is 0 Å². The van der Waals surface area contributed by atoms with Gasteiger partial charge in [-0.15, -0.1) is 0 Å². The normalized spacial score (nSPS) is 19.5. The number of quaternary nitrogens is 2. The highest BCUT2D eigenvalue weighted by molar-refractivity contribution is 6.00. The molecule has 8 nitrogen and oxygen atoms in total. The highest BCUT2D eigenvalue weighted by Gasteiger charge is 2.28. The summed E-state index contributed by atoms with van der Waals surface area (Å²) >= 11 is 0. The van der Waals surface area contributed by atoms with Crippen LogP contribution in [0.25, 0.3) is 0 Å². The van der Waals surface area contributed by atoms with E-state index in [4.69, 9.17) is 5.73 Å². The van der Waals surface area contributed by atoms with Crippen LogP contribution in [0.3, 0.4) is 0 Å². The van der Waals surface area contributed by atoms with E-state index in [9.17, 15) is 14.4 Å². The monoisotopic (exact) mass is 387 g/mol. The van der Waals surface area contributed by atoms with Gasteiger partial charge in [0, 0.05) is 12.1 Å². The zero-order valence-electron chi connectivity index (χ0n) is 16.3. The number of aromatic nitrogens is 2. The summed E-state index contributed by atoms with van der Waals surface area (Å²) in [5.41, 5.74) is 5.97. The van der Waals surface area contributed by atoms with Crippen LogP contribution in [0.2, 0.25) is 0 Å². The standard InChI is InChI=1S/C20H27N5O3/c1-2-8-25-18(21)17(19(27)22-20(25)28)16(26)14-24-11-9-23(10-12-24)13-15-6-4-3-5-7-15/h3-7H,2,8-14,21H2,1H3,(H,22,27,28)/p+2. The van der Waals surface area contributed by atoms with Crippen LogP contribution in [0.15, 0.2) is 39.9 Å². The third kappa shape index (κ3) is 4.58. The molecule has 1 saturated heterocycles. The Morgan fingerprint density at radius 2 is 1.75 bits per heavy atom. The Morgan fingerprint density at radius 3 is 2.39 bits per heavy atom. The minimum absolute atomic E-state index is 0.0201. The molecule has 2 aromatic rings. The van der Waals surface area contributed by atoms with Crippen molar-refractivity contribution < 1.29 is 14.6 Å². The second kappa shape index (κ2) is 8.99. The molecule has 8 heteroatoms. The molecular weight excluding hydrogens is 358 g/mol. The number of nitrogen functional groups attached to an aromatic ring is 1. The van der Waals surface area contributed by atoms with E-state index < -0.39 is 11.2 Å². The lowest BCUT2D eigenvalue weighted by Crippen LogP contribution is -3.27. The lowest BCUT2D eigenvalue weighted by atomic mass is 10.1. The van der Waals surface area contributed by atoms with Crippen LogP contribution in [0, 0.1) is 0 Å². The van der Waals surface area contributed by atoms with E-state index in [1.54, 1.807) is 0 Å². The maximum atomic E-state index is 12.8. The number of rotatable bonds is 7. The molecule has 0 bridgehead atoms. The van der Waals surface area contributed by atoms with Gasteiger partial charge in [0.05, 0.1) is 0 Å². The lowest BCUT2D eigenvalue weighted by molar-refractivity contribution is -1.01. The zero-order chi connectivity index (χ0) is 20.1. The summed E-state index contributed by atoms with van der Waals surface area (Å²) in [6, 6.07) is 10.4. The van der Waals surface area contributed by atoms with Crippen molar-refractivity contribution in [3.63, 3.8) is 0 Å². The first-order valence-corrected chi connectivity index (χ1v) is 9.86. The van der Waals surface area contributed by atoms with Crippen LogP contribution in [0.5, 0.6) is 0 Å². The Labute approximate surface area is 163 Å². The summed E-state index contributed by atoms with van der Waals surface area (Å²) in [7, 11) is 0. The molecule has 3 rings (SSSR count). The van der Waals surface area contributed by atoms with E-state index in [0.717, 1.165) is 37.6 Å². The van der Waals surface area contributed by atoms with Gasteiger partial charge >= 0.3 is 5.69 Å². The molecular formula is C20H29N5O3+2. The van der Waals surface area contributed by atoms with Crippen molar-refractivity contribution in [2.45, 2.75) is 26.4 Å². The smallest absolute Gasteiger partial charge is 0.329 e. The molecule has 150 valence electrons. The molecule has 0 spiro atoms. The number of hydrogen-bond acceptors (Lipinski definition) is 4. The molecule has 1 fully saturated rings. The molecule has 1 aromatic heterocycles. The summed E-state index contributed by atoms with van der Waals surface area (Å²) in [6.07, 6.45) is 0.682. The fourth-order valence-corrected chi connectivity index (χ4v) is 3.81. The highest BCUT2D eigenvalue weighted by atomic mass is 16.2. The first kappa shape index (κ1) is 20.0. The lowest BCUT2D eigenvalue weighted by Gasteiger charge is -2.29. The number of carbonyl (C=O) groups excluding carboxylic acids is 1. The van der Waals surface area contributed by atoms with Crippen molar-refractivity contribution in [3.8, 4) is 0 Å². The second-order valence-corrected chi connectivity index (χ2v) is 7.43. The third-order valence-corrected chi connectivity index (χ3v) is 5.34. The van der Waals surface area contributed by atoms with E-state index >= 15 is 0 Å². The van der Waals surface area contributed by atoms with Gasteiger partial charge in [0.1, 0.15) is 50.6 Å². The number of benzene rings is 1. The van der Waals surface area contributed by atoms with Crippen molar-refractivity contribution in [2.75, 3.05) is 38.5 Å². The number of nitrogens with one attached hydrogen (secondary N) is 3. The van der Waals surface area contributed by atoms with Crippen LogP contribution in [-0.4, -0.2) is 48.1 Å². The first-order valence-electron chi connectivity index (χ1n) is 9.86. The third-order valence-electron chi connectivity index (χ3n) is 5.34. The van der Waals surface area contributed by atoms with Crippen molar-refractivity contribution in [2.24, 2.45) is 0 Å². The van der Waals surface area contributed by atoms with Crippen molar-refractivity contribution in [3.05, 3.63) is 62.3 Å². The largest absolute Gasteiger partial charge is 0.384 e. The van der Waals surface area contributed by atoms with E-state index in [-0.39, 0.29) is 23.7 Å². The zero-order valence-corrected chi connectivity index (χ0v) is 16.3. The number of Topliss-reactive ketones (excluding diaryl/α,β-unsaturated/α-hetero) is 1. The Bertz CT molecular complexity index is 927. The van der Waals surface area contributed by atoms with Crippen molar-refractivity contribution in [1.82, 2.24) is 9.55 Å². The SMILES string of the molecule is CCCn1c(N)c(C(=O)C[NH+]2CC[NH+](Cc3ccccc3)CC2)c(=O)[nH]c1=O. The van der Waals surface area contributed by atoms with Crippen LogP contribution in [0.1, 0.15) is 29.3 Å². The van der Waals surface area contributed by atoms with Gasteiger partial charge in [-0.2, -0.15) is 0 Å². The highest BCUT2D eigenvalue weighted by Crippen LogP contribution is 2.05. The number of ketones is 1. The molecule has 5 N–H and O–H groups in total. The average molecular weight is 387 g/mol. The Balaban J connectivity index is 1.63. The van der Waals surface area contributed by atoms with Gasteiger partial charge in [-0.3, -0.25) is 19.1 Å². The predicted molar refractivity (Wildman–Crippen MR) is 107 cm³/mol. The Hall–Kier alpha value is -2.71. The van der Waals surface area contributed by atoms with Gasteiger partial charge in [0.15, 0.2) is 0 Å². The van der Waals surface area contributed by atoms with Crippen molar-refractivity contribution >= 4 is 11.6 Å². The van der Waals surface area contributed by atoms with Gasteiger partial charge in [-0.25, -0.2) is 4.79 Å². The van der Waals surface area contributed by atoms with Crippen LogP contribution in [0.4, 0.5) is 5.82 Å². The molecule has 0 atom stereocenters. The Morgan fingerprint density at radius 1 is 1.11 bits per heavy atom. The van der Waals surface area contributed by atoms with Crippen LogP contribution in [-0.2, 0) is 13.1 Å². The number of nitrogens with two attached hydrogens (primary N) is 1. The molecule has 0 aliphatic carbocycles. The predicted octanol–water partition coefficient (Wildman–Crippen LogP) is -2.30. The summed E-state index contributed by atoms with van der Waals surface area (Å²) in [4.78, 5) is 41.7. The average Bonchev–Trinajstić information content (AvgIpc) is 2.67. The molecule has 1 aliphatic heterocycles. The molecule has 1 aromatic carbocycles. The van der Waals surface area contributed by atoms with Gasteiger partial charge in [-0.05, 0) is 6.42 Å². The fourth-order valence-electron chi connectivity index (χ4n) is 3.81. The molecule has 0 unspecified atom stereocenters. The van der Waals surface area contributed by atoms with Crippen LogP contribution < -0.4 is 26.8 Å².